The number of carbonyl (C=O) groups is 2. The number of hydrogen-bond acceptors (Lipinski definition) is 5. The molecular formula is C19H22FN2O4+. The third-order valence-corrected chi connectivity index (χ3v) is 6.46. The lowest BCUT2D eigenvalue weighted by Crippen LogP contribution is -2.72. The van der Waals surface area contributed by atoms with E-state index in [1.807, 2.05) is 0 Å². The number of nitrogens with zero attached hydrogens (tertiary/aromatic N) is 2. The second kappa shape index (κ2) is 5.25. The lowest BCUT2D eigenvalue weighted by Gasteiger charge is -2.47. The van der Waals surface area contributed by atoms with E-state index in [2.05, 4.69) is 4.98 Å². The number of hydrogen-bond donors (Lipinski definition) is 0. The van der Waals surface area contributed by atoms with Crippen molar-refractivity contribution in [2.45, 2.75) is 63.1 Å². The van der Waals surface area contributed by atoms with E-state index in [4.69, 9.17) is 9.47 Å². The fourth-order valence-electron chi connectivity index (χ4n) is 5.24. The van der Waals surface area contributed by atoms with Gasteiger partial charge in [-0.05, 0) is 38.7 Å². The molecule has 0 aromatic carbocycles. The Morgan fingerprint density at radius 3 is 2.69 bits per heavy atom. The summed E-state index contributed by atoms with van der Waals surface area (Å²) in [5.41, 5.74) is -1.62. The van der Waals surface area contributed by atoms with Crippen LogP contribution in [0.5, 0.6) is 5.88 Å². The minimum atomic E-state index is -1.82. The number of ether oxygens (including phenoxy) is 2. The van der Waals surface area contributed by atoms with E-state index in [1.54, 1.807) is 6.92 Å². The first-order chi connectivity index (χ1) is 12.5. The number of Topliss-reactive ketones (excluding diaryl/α,β-unsaturated/α-hetero) is 1. The molecule has 2 unspecified atom stereocenters. The fourth-order valence-corrected chi connectivity index (χ4v) is 5.24. The van der Waals surface area contributed by atoms with E-state index in [0.29, 0.717) is 16.3 Å². The van der Waals surface area contributed by atoms with Gasteiger partial charge in [-0.3, -0.25) is 9.28 Å². The summed E-state index contributed by atoms with van der Waals surface area (Å²) in [4.78, 5) is 30.6. The van der Waals surface area contributed by atoms with E-state index in [9.17, 15) is 14.0 Å². The largest absolute Gasteiger partial charge is 0.462 e. The first-order valence-corrected chi connectivity index (χ1v) is 9.52. The molecule has 1 aromatic heterocycles. The number of rotatable bonds is 4. The van der Waals surface area contributed by atoms with E-state index in [-0.39, 0.29) is 30.6 Å². The van der Waals surface area contributed by atoms with Gasteiger partial charge in [0.05, 0.1) is 18.7 Å². The molecule has 0 radical (unpaired) electrons. The number of fused-ring (bicyclic) bond motifs is 2. The minimum Gasteiger partial charge on any atom is -0.462 e. The summed E-state index contributed by atoms with van der Waals surface area (Å²) >= 11 is 0. The number of quaternary nitrogens is 1. The summed E-state index contributed by atoms with van der Waals surface area (Å²) in [6.07, 6.45) is 6.35. The molecule has 2 atom stereocenters. The normalized spacial score (nSPS) is 32.6. The number of aromatic nitrogens is 1. The second-order valence-corrected chi connectivity index (χ2v) is 7.88. The Bertz CT molecular complexity index is 818. The maximum atomic E-state index is 14.4. The fraction of sp³-hybridized carbons (Fsp3) is 0.632. The second-order valence-electron chi connectivity index (χ2n) is 7.88. The predicted molar refractivity (Wildman–Crippen MR) is 90.5 cm³/mol. The van der Waals surface area contributed by atoms with Crippen molar-refractivity contribution in [2.75, 3.05) is 13.2 Å². The predicted octanol–water partition coefficient (Wildman–Crippen LogP) is 2.52. The average Bonchev–Trinajstić information content (AvgIpc) is 3.38. The van der Waals surface area contributed by atoms with Crippen molar-refractivity contribution in [3.05, 3.63) is 17.4 Å². The van der Waals surface area contributed by atoms with Gasteiger partial charge in [-0.2, -0.15) is 4.98 Å². The van der Waals surface area contributed by atoms with Crippen molar-refractivity contribution in [3.63, 3.8) is 0 Å². The zero-order valence-corrected chi connectivity index (χ0v) is 14.8. The van der Waals surface area contributed by atoms with E-state index in [1.165, 1.54) is 6.07 Å². The van der Waals surface area contributed by atoms with Crippen LogP contribution >= 0.6 is 0 Å². The topological polar surface area (TPSA) is 65.5 Å². The van der Waals surface area contributed by atoms with Crippen LogP contribution in [0.1, 0.15) is 55.8 Å². The Hall–Kier alpha value is -2.02. The zero-order chi connectivity index (χ0) is 18.1. The molecular weight excluding hydrogens is 339 g/mol. The smallest absolute Gasteiger partial charge is 0.365 e. The average molecular weight is 361 g/mol. The Morgan fingerprint density at radius 2 is 2.04 bits per heavy atom. The first-order valence-electron chi connectivity index (χ1n) is 9.52. The van der Waals surface area contributed by atoms with E-state index < -0.39 is 23.2 Å². The highest BCUT2D eigenvalue weighted by Crippen LogP contribution is 2.53. The van der Waals surface area contributed by atoms with Gasteiger partial charge >= 0.3 is 11.6 Å². The Balaban J connectivity index is 1.76. The van der Waals surface area contributed by atoms with Crippen molar-refractivity contribution in [1.82, 2.24) is 9.47 Å². The molecule has 2 aliphatic carbocycles. The van der Waals surface area contributed by atoms with Crippen molar-refractivity contribution in [1.29, 1.82) is 0 Å². The van der Waals surface area contributed by atoms with Gasteiger partial charge in [-0.15, -0.1) is 0 Å². The maximum absolute atomic E-state index is 14.4. The van der Waals surface area contributed by atoms with Crippen LogP contribution in [-0.2, 0) is 9.53 Å². The Kier molecular flexibility index (Phi) is 3.27. The molecule has 26 heavy (non-hydrogen) atoms. The van der Waals surface area contributed by atoms with Gasteiger partial charge in [-0.1, -0.05) is 0 Å². The minimum absolute atomic E-state index is 0.137. The SMILES string of the molecule is CCOC(=O)C12C[N+](C3CCCC3)(C3CC3)c3nc(c(F)cc3C1=O)O2. The van der Waals surface area contributed by atoms with Gasteiger partial charge in [0.15, 0.2) is 5.82 Å². The van der Waals surface area contributed by atoms with Crippen molar-refractivity contribution >= 4 is 17.6 Å². The standard InChI is InChI=1S/C19H22FN2O4/c1-2-25-18(24)19-10-22(12-7-8-12,11-5-3-4-6-11)16-13(15(19)23)9-14(20)17(21-16)26-19/h9,11-12H,2-8,10H2,1H3/q+1. The van der Waals surface area contributed by atoms with Crippen molar-refractivity contribution in [2.24, 2.45) is 0 Å². The third kappa shape index (κ3) is 1.87. The number of esters is 1. The van der Waals surface area contributed by atoms with Crippen LogP contribution in [0.3, 0.4) is 0 Å². The van der Waals surface area contributed by atoms with Crippen LogP contribution < -0.4 is 9.22 Å². The molecule has 6 nitrogen and oxygen atoms in total. The van der Waals surface area contributed by atoms with Crippen LogP contribution in [0.15, 0.2) is 6.07 Å². The summed E-state index contributed by atoms with van der Waals surface area (Å²) < 4.78 is 25.9. The summed E-state index contributed by atoms with van der Waals surface area (Å²) in [6.45, 7) is 2.00. The van der Waals surface area contributed by atoms with E-state index >= 15 is 0 Å². The molecule has 4 bridgehead atoms. The van der Waals surface area contributed by atoms with Crippen LogP contribution in [0.4, 0.5) is 10.2 Å². The highest BCUT2D eigenvalue weighted by atomic mass is 19.1. The lowest BCUT2D eigenvalue weighted by molar-refractivity contribution is -0.159. The highest BCUT2D eigenvalue weighted by Gasteiger charge is 2.70. The van der Waals surface area contributed by atoms with Crippen LogP contribution in [0, 0.1) is 5.82 Å². The first kappa shape index (κ1) is 16.2. The molecule has 7 heteroatoms. The van der Waals surface area contributed by atoms with Crippen molar-refractivity contribution < 1.29 is 23.5 Å². The molecule has 6 aliphatic rings. The number of halogens is 1. The third-order valence-electron chi connectivity index (χ3n) is 6.46. The molecule has 0 N–H and O–H groups in total. The molecule has 1 aromatic rings. The summed E-state index contributed by atoms with van der Waals surface area (Å²) in [5, 5.41) is 0. The van der Waals surface area contributed by atoms with Crippen LogP contribution in [0.2, 0.25) is 0 Å². The van der Waals surface area contributed by atoms with Gasteiger partial charge in [0.1, 0.15) is 12.1 Å². The lowest BCUT2D eigenvalue weighted by atomic mass is 9.85. The molecule has 4 aliphatic heterocycles. The number of carbonyl (C=O) groups excluding carboxylic acids is 2. The molecule has 2 saturated carbocycles. The summed E-state index contributed by atoms with van der Waals surface area (Å²) in [6, 6.07) is 1.81. The summed E-state index contributed by atoms with van der Waals surface area (Å²) in [7, 11) is 0. The quantitative estimate of drug-likeness (QED) is 0.468. The molecule has 0 amide bonds. The van der Waals surface area contributed by atoms with Crippen LogP contribution in [-0.4, -0.2) is 47.6 Å². The Morgan fingerprint density at radius 1 is 1.35 bits per heavy atom. The van der Waals surface area contributed by atoms with Crippen LogP contribution in [0.25, 0.3) is 0 Å². The Labute approximate surface area is 150 Å². The maximum Gasteiger partial charge on any atom is 0.365 e. The number of ketones is 1. The van der Waals surface area contributed by atoms with Gasteiger partial charge in [-0.25, -0.2) is 9.18 Å². The van der Waals surface area contributed by atoms with Gasteiger partial charge in [0.2, 0.25) is 11.6 Å². The molecule has 7 rings (SSSR count). The van der Waals surface area contributed by atoms with Crippen molar-refractivity contribution in [3.8, 4) is 5.88 Å². The van der Waals surface area contributed by atoms with Gasteiger partial charge < -0.3 is 9.47 Å². The highest BCUT2D eigenvalue weighted by molar-refractivity contribution is 6.20. The number of pyridine rings is 1. The monoisotopic (exact) mass is 361 g/mol. The zero-order valence-electron chi connectivity index (χ0n) is 14.8. The molecule has 5 heterocycles. The van der Waals surface area contributed by atoms with Gasteiger partial charge in [0.25, 0.3) is 5.88 Å². The van der Waals surface area contributed by atoms with Gasteiger partial charge in [0, 0.05) is 12.8 Å². The molecule has 138 valence electrons. The molecule has 2 fully saturated rings. The molecule has 0 saturated heterocycles. The van der Waals surface area contributed by atoms with E-state index in [0.717, 1.165) is 38.5 Å². The summed E-state index contributed by atoms with van der Waals surface area (Å²) in [5.74, 6) is -1.56. The molecule has 0 spiro atoms.